The highest BCUT2D eigenvalue weighted by molar-refractivity contribution is 5.79. The summed E-state index contributed by atoms with van der Waals surface area (Å²) in [5.41, 5.74) is 0. The molecule has 0 radical (unpaired) electrons. The van der Waals surface area contributed by atoms with Crippen molar-refractivity contribution >= 4 is 11.9 Å². The largest absolute Gasteiger partial charge is 0.357 e. The van der Waals surface area contributed by atoms with Crippen molar-refractivity contribution in [1.29, 1.82) is 0 Å². The summed E-state index contributed by atoms with van der Waals surface area (Å²) in [5, 5.41) is 14.6. The van der Waals surface area contributed by atoms with Gasteiger partial charge in [-0.15, -0.1) is 10.2 Å². The molecular weight excluding hydrogens is 318 g/mol. The zero-order chi connectivity index (χ0) is 17.9. The minimum Gasteiger partial charge on any atom is -0.357 e. The molecule has 2 N–H and O–H groups in total. The van der Waals surface area contributed by atoms with Gasteiger partial charge in [-0.2, -0.15) is 0 Å². The monoisotopic (exact) mass is 349 g/mol. The Hall–Kier alpha value is -2.12. The number of carbonyl (C=O) groups is 1. The summed E-state index contributed by atoms with van der Waals surface area (Å²) < 4.78 is 1.98. The Labute approximate surface area is 150 Å². The zero-order valence-electron chi connectivity index (χ0n) is 15.5. The molecule has 1 fully saturated rings. The summed E-state index contributed by atoms with van der Waals surface area (Å²) in [5.74, 6) is 1.93. The van der Waals surface area contributed by atoms with Gasteiger partial charge in [0.2, 0.25) is 5.91 Å². The molecular formula is C17H31N7O. The van der Waals surface area contributed by atoms with Gasteiger partial charge in [-0.05, 0) is 33.1 Å². The van der Waals surface area contributed by atoms with Crippen LogP contribution in [0, 0.1) is 0 Å². The Bertz CT molecular complexity index is 555. The second-order valence-electron chi connectivity index (χ2n) is 6.20. The number of guanidine groups is 1. The molecule has 1 aromatic rings. The summed E-state index contributed by atoms with van der Waals surface area (Å²) in [6.45, 7) is 8.74. The third-order valence-electron chi connectivity index (χ3n) is 4.33. The van der Waals surface area contributed by atoms with Gasteiger partial charge in [-0.1, -0.05) is 6.42 Å². The molecule has 0 saturated carbocycles. The maximum absolute atomic E-state index is 12.0. The number of aromatic nitrogens is 3. The maximum Gasteiger partial charge on any atom is 0.222 e. The van der Waals surface area contributed by atoms with E-state index < -0.39 is 0 Å². The van der Waals surface area contributed by atoms with Gasteiger partial charge in [0.15, 0.2) is 11.8 Å². The summed E-state index contributed by atoms with van der Waals surface area (Å²) in [7, 11) is 0. The van der Waals surface area contributed by atoms with E-state index in [9.17, 15) is 4.79 Å². The highest BCUT2D eigenvalue weighted by Crippen LogP contribution is 2.11. The van der Waals surface area contributed by atoms with E-state index in [1.54, 1.807) is 6.33 Å². The van der Waals surface area contributed by atoms with Gasteiger partial charge < -0.3 is 20.1 Å². The van der Waals surface area contributed by atoms with Crippen LogP contribution in [0.3, 0.4) is 0 Å². The van der Waals surface area contributed by atoms with Crippen LogP contribution in [0.15, 0.2) is 11.3 Å². The fourth-order valence-corrected chi connectivity index (χ4v) is 2.91. The molecule has 1 aromatic heterocycles. The summed E-state index contributed by atoms with van der Waals surface area (Å²) in [6.07, 6.45) is 6.68. The minimum atomic E-state index is 0.303. The van der Waals surface area contributed by atoms with E-state index in [4.69, 9.17) is 0 Å². The first-order valence-electron chi connectivity index (χ1n) is 9.41. The normalized spacial score (nSPS) is 16.0. The van der Waals surface area contributed by atoms with E-state index in [0.717, 1.165) is 63.8 Å². The lowest BCUT2D eigenvalue weighted by atomic mass is 10.2. The van der Waals surface area contributed by atoms with Crippen LogP contribution in [0.5, 0.6) is 0 Å². The standard InChI is InChI=1S/C17H31N7O/c1-3-18-17(20-13-15-22-21-14-23(15)4-2)19-10-8-12-24-11-7-5-6-9-16(24)25/h14H,3-13H2,1-2H3,(H2,18,19,20). The van der Waals surface area contributed by atoms with Gasteiger partial charge in [0.1, 0.15) is 12.9 Å². The van der Waals surface area contributed by atoms with Crippen molar-refractivity contribution in [3.63, 3.8) is 0 Å². The van der Waals surface area contributed by atoms with Crippen LogP contribution in [0.1, 0.15) is 51.8 Å². The Kier molecular flexibility index (Phi) is 8.21. The molecule has 140 valence electrons. The quantitative estimate of drug-likeness (QED) is 0.418. The van der Waals surface area contributed by atoms with Crippen molar-refractivity contribution in [3.05, 3.63) is 12.2 Å². The van der Waals surface area contributed by atoms with E-state index >= 15 is 0 Å². The van der Waals surface area contributed by atoms with Crippen molar-refractivity contribution in [3.8, 4) is 0 Å². The molecule has 2 rings (SSSR count). The van der Waals surface area contributed by atoms with Crippen LogP contribution < -0.4 is 10.6 Å². The number of hydrogen-bond donors (Lipinski definition) is 2. The number of rotatable bonds is 8. The first-order valence-corrected chi connectivity index (χ1v) is 9.41. The first-order chi connectivity index (χ1) is 12.2. The van der Waals surface area contributed by atoms with Gasteiger partial charge in [0.25, 0.3) is 0 Å². The van der Waals surface area contributed by atoms with E-state index in [-0.39, 0.29) is 0 Å². The molecule has 1 aliphatic rings. The van der Waals surface area contributed by atoms with Crippen LogP contribution >= 0.6 is 0 Å². The lowest BCUT2D eigenvalue weighted by Crippen LogP contribution is -2.39. The average molecular weight is 349 g/mol. The van der Waals surface area contributed by atoms with Crippen molar-refractivity contribution < 1.29 is 4.79 Å². The minimum absolute atomic E-state index is 0.303. The highest BCUT2D eigenvalue weighted by atomic mass is 16.2. The maximum atomic E-state index is 12.0. The SMILES string of the molecule is CCNC(=NCc1nncn1CC)NCCCN1CCCCCC1=O. The molecule has 1 amide bonds. The molecule has 0 bridgehead atoms. The molecule has 0 aliphatic carbocycles. The molecule has 0 unspecified atom stereocenters. The van der Waals surface area contributed by atoms with Crippen molar-refractivity contribution in [1.82, 2.24) is 30.3 Å². The van der Waals surface area contributed by atoms with E-state index in [2.05, 4.69) is 32.7 Å². The van der Waals surface area contributed by atoms with Gasteiger partial charge in [-0.25, -0.2) is 4.99 Å². The molecule has 25 heavy (non-hydrogen) atoms. The van der Waals surface area contributed by atoms with Crippen molar-refractivity contribution in [2.24, 2.45) is 4.99 Å². The Balaban J connectivity index is 1.76. The van der Waals surface area contributed by atoms with E-state index in [1.807, 2.05) is 16.4 Å². The lowest BCUT2D eigenvalue weighted by molar-refractivity contribution is -0.130. The van der Waals surface area contributed by atoms with Crippen molar-refractivity contribution in [2.75, 3.05) is 26.2 Å². The molecule has 2 heterocycles. The summed E-state index contributed by atoms with van der Waals surface area (Å²) >= 11 is 0. The van der Waals surface area contributed by atoms with E-state index in [1.165, 1.54) is 6.42 Å². The number of carbonyl (C=O) groups excluding carboxylic acids is 1. The van der Waals surface area contributed by atoms with E-state index in [0.29, 0.717) is 18.9 Å². The summed E-state index contributed by atoms with van der Waals surface area (Å²) in [6, 6.07) is 0. The number of nitrogens with one attached hydrogen (secondary N) is 2. The number of likely N-dealkylation sites (tertiary alicyclic amines) is 1. The number of nitrogens with zero attached hydrogens (tertiary/aromatic N) is 5. The fourth-order valence-electron chi connectivity index (χ4n) is 2.91. The third kappa shape index (κ3) is 6.36. The van der Waals surface area contributed by atoms with Crippen LogP contribution in [-0.4, -0.2) is 57.7 Å². The molecule has 8 nitrogen and oxygen atoms in total. The van der Waals surface area contributed by atoms with Crippen LogP contribution in [0.25, 0.3) is 0 Å². The summed E-state index contributed by atoms with van der Waals surface area (Å²) in [4.78, 5) is 18.6. The van der Waals surface area contributed by atoms with Crippen LogP contribution in [-0.2, 0) is 17.9 Å². The zero-order valence-corrected chi connectivity index (χ0v) is 15.5. The first kappa shape index (κ1) is 19.2. The second kappa shape index (κ2) is 10.7. The van der Waals surface area contributed by atoms with Gasteiger partial charge in [-0.3, -0.25) is 4.79 Å². The number of hydrogen-bond acceptors (Lipinski definition) is 4. The third-order valence-corrected chi connectivity index (χ3v) is 4.33. The van der Waals surface area contributed by atoms with Crippen LogP contribution in [0.4, 0.5) is 0 Å². The number of aryl methyl sites for hydroxylation is 1. The molecule has 1 aliphatic heterocycles. The topological polar surface area (TPSA) is 87.4 Å². The lowest BCUT2D eigenvalue weighted by Gasteiger charge is -2.20. The van der Waals surface area contributed by atoms with Crippen molar-refractivity contribution in [2.45, 2.75) is 59.0 Å². The second-order valence-corrected chi connectivity index (χ2v) is 6.20. The molecule has 0 aromatic carbocycles. The van der Waals surface area contributed by atoms with Gasteiger partial charge >= 0.3 is 0 Å². The van der Waals surface area contributed by atoms with Gasteiger partial charge in [0, 0.05) is 39.1 Å². The Morgan fingerprint density at radius 2 is 2.16 bits per heavy atom. The Morgan fingerprint density at radius 1 is 1.28 bits per heavy atom. The molecule has 1 saturated heterocycles. The molecule has 0 atom stereocenters. The highest BCUT2D eigenvalue weighted by Gasteiger charge is 2.15. The predicted molar refractivity (Wildman–Crippen MR) is 98.2 cm³/mol. The fraction of sp³-hybridized carbons (Fsp3) is 0.765. The Morgan fingerprint density at radius 3 is 2.96 bits per heavy atom. The predicted octanol–water partition coefficient (Wildman–Crippen LogP) is 1.15. The van der Waals surface area contributed by atoms with Gasteiger partial charge in [0.05, 0.1) is 0 Å². The average Bonchev–Trinajstić information content (AvgIpc) is 2.98. The molecule has 0 spiro atoms. The number of aliphatic imine (C=N–C) groups is 1. The number of amides is 1. The van der Waals surface area contributed by atoms with Crippen LogP contribution in [0.2, 0.25) is 0 Å². The molecule has 8 heteroatoms. The smallest absolute Gasteiger partial charge is 0.222 e.